The van der Waals surface area contributed by atoms with Crippen molar-refractivity contribution in [2.24, 2.45) is 13.0 Å². The highest BCUT2D eigenvalue weighted by Crippen LogP contribution is 2.29. The van der Waals surface area contributed by atoms with Gasteiger partial charge in [-0.2, -0.15) is 5.10 Å². The van der Waals surface area contributed by atoms with Crippen LogP contribution in [-0.2, 0) is 13.5 Å². The van der Waals surface area contributed by atoms with Gasteiger partial charge >= 0.3 is 5.69 Å². The molecule has 0 saturated heterocycles. The normalized spacial score (nSPS) is 12.7. The Hall–Kier alpha value is -1.59. The van der Waals surface area contributed by atoms with Crippen LogP contribution in [0.3, 0.4) is 0 Å². The zero-order chi connectivity index (χ0) is 15.3. The van der Waals surface area contributed by atoms with Crippen LogP contribution < -0.4 is 5.32 Å². The standard InChI is InChI=1S/C14H26N4O2/c1-6-12-13(18(19)20)14(17(5)16-12)15-11(4)9-7-8-10(2)3/h10-11,15H,6-9H2,1-5H3. The second kappa shape index (κ2) is 7.26. The molecule has 0 aliphatic rings. The summed E-state index contributed by atoms with van der Waals surface area (Å²) in [5.74, 6) is 1.21. The minimum absolute atomic E-state index is 0.116. The van der Waals surface area contributed by atoms with Crippen LogP contribution in [0, 0.1) is 16.0 Å². The number of aryl methyl sites for hydroxylation is 2. The van der Waals surface area contributed by atoms with Crippen LogP contribution in [-0.4, -0.2) is 20.7 Å². The second-order valence-corrected chi connectivity index (χ2v) is 5.75. The summed E-state index contributed by atoms with van der Waals surface area (Å²) in [4.78, 5) is 10.9. The Kier molecular flexibility index (Phi) is 5.98. The molecule has 1 rings (SSSR count). The van der Waals surface area contributed by atoms with Gasteiger partial charge in [0.25, 0.3) is 0 Å². The van der Waals surface area contributed by atoms with Crippen molar-refractivity contribution in [2.75, 3.05) is 5.32 Å². The number of nitrogens with one attached hydrogen (secondary N) is 1. The smallest absolute Gasteiger partial charge is 0.333 e. The molecule has 0 saturated carbocycles. The van der Waals surface area contributed by atoms with Gasteiger partial charge in [-0.05, 0) is 25.7 Å². The van der Waals surface area contributed by atoms with Gasteiger partial charge in [0.2, 0.25) is 5.82 Å². The van der Waals surface area contributed by atoms with Gasteiger partial charge in [0.05, 0.1) is 4.92 Å². The molecule has 0 fully saturated rings. The highest BCUT2D eigenvalue weighted by Gasteiger charge is 2.26. The summed E-state index contributed by atoms with van der Waals surface area (Å²) >= 11 is 0. The van der Waals surface area contributed by atoms with Crippen LogP contribution >= 0.6 is 0 Å². The van der Waals surface area contributed by atoms with Gasteiger partial charge in [-0.15, -0.1) is 0 Å². The molecule has 1 aromatic heterocycles. The van der Waals surface area contributed by atoms with Crippen LogP contribution in [0.25, 0.3) is 0 Å². The van der Waals surface area contributed by atoms with E-state index >= 15 is 0 Å². The van der Waals surface area contributed by atoms with E-state index < -0.39 is 0 Å². The third kappa shape index (κ3) is 4.21. The lowest BCUT2D eigenvalue weighted by Crippen LogP contribution is -2.18. The average Bonchev–Trinajstić information content (AvgIpc) is 2.65. The van der Waals surface area contributed by atoms with E-state index in [1.165, 1.54) is 6.42 Å². The number of rotatable bonds is 8. The van der Waals surface area contributed by atoms with Crippen molar-refractivity contribution < 1.29 is 4.92 Å². The lowest BCUT2D eigenvalue weighted by atomic mass is 10.0. The molecule has 0 bridgehead atoms. The molecular weight excluding hydrogens is 256 g/mol. The van der Waals surface area contributed by atoms with Crippen molar-refractivity contribution in [3.05, 3.63) is 15.8 Å². The van der Waals surface area contributed by atoms with E-state index in [4.69, 9.17) is 0 Å². The molecule has 20 heavy (non-hydrogen) atoms. The van der Waals surface area contributed by atoms with E-state index in [-0.39, 0.29) is 16.7 Å². The first-order chi connectivity index (χ1) is 9.36. The number of nitrogens with zero attached hydrogens (tertiary/aromatic N) is 3. The van der Waals surface area contributed by atoms with E-state index in [9.17, 15) is 10.1 Å². The van der Waals surface area contributed by atoms with Crippen LogP contribution in [0.1, 0.15) is 52.7 Å². The van der Waals surface area contributed by atoms with Gasteiger partial charge in [-0.25, -0.2) is 4.68 Å². The highest BCUT2D eigenvalue weighted by molar-refractivity contribution is 5.60. The Bertz CT molecular complexity index is 454. The van der Waals surface area contributed by atoms with Gasteiger partial charge in [-0.1, -0.05) is 33.6 Å². The molecule has 1 aromatic rings. The minimum atomic E-state index is -0.338. The van der Waals surface area contributed by atoms with Gasteiger partial charge in [0.15, 0.2) is 0 Å². The predicted octanol–water partition coefficient (Wildman–Crippen LogP) is 3.52. The van der Waals surface area contributed by atoms with Gasteiger partial charge in [0.1, 0.15) is 5.69 Å². The highest BCUT2D eigenvalue weighted by atomic mass is 16.6. The van der Waals surface area contributed by atoms with Crippen molar-refractivity contribution in [1.82, 2.24) is 9.78 Å². The maximum atomic E-state index is 11.2. The molecule has 0 spiro atoms. The summed E-state index contributed by atoms with van der Waals surface area (Å²) in [5, 5.41) is 18.7. The Labute approximate surface area is 120 Å². The third-order valence-electron chi connectivity index (χ3n) is 3.41. The van der Waals surface area contributed by atoms with E-state index in [1.807, 2.05) is 6.92 Å². The SMILES string of the molecule is CCc1nn(C)c(NC(C)CCCC(C)C)c1[N+](=O)[O-]. The molecule has 1 unspecified atom stereocenters. The molecule has 0 radical (unpaired) electrons. The van der Waals surface area contributed by atoms with Crippen molar-refractivity contribution >= 4 is 11.5 Å². The van der Waals surface area contributed by atoms with E-state index in [0.29, 0.717) is 23.9 Å². The number of nitro groups is 1. The van der Waals surface area contributed by atoms with Gasteiger partial charge in [0, 0.05) is 13.1 Å². The number of hydrogen-bond acceptors (Lipinski definition) is 4. The lowest BCUT2D eigenvalue weighted by Gasteiger charge is -2.15. The molecule has 0 aliphatic heterocycles. The Morgan fingerprint density at radius 2 is 2.00 bits per heavy atom. The Morgan fingerprint density at radius 3 is 2.50 bits per heavy atom. The largest absolute Gasteiger partial charge is 0.362 e. The van der Waals surface area contributed by atoms with Crippen LogP contribution in [0.4, 0.5) is 11.5 Å². The number of anilines is 1. The molecule has 1 heterocycles. The Morgan fingerprint density at radius 1 is 1.35 bits per heavy atom. The first-order valence-corrected chi connectivity index (χ1v) is 7.33. The fourth-order valence-electron chi connectivity index (χ4n) is 2.30. The lowest BCUT2D eigenvalue weighted by molar-refractivity contribution is -0.384. The van der Waals surface area contributed by atoms with Crippen molar-refractivity contribution in [2.45, 2.75) is 59.4 Å². The van der Waals surface area contributed by atoms with Crippen LogP contribution in [0.15, 0.2) is 0 Å². The zero-order valence-electron chi connectivity index (χ0n) is 13.1. The molecule has 1 N–H and O–H groups in total. The Balaban J connectivity index is 2.76. The fourth-order valence-corrected chi connectivity index (χ4v) is 2.30. The predicted molar refractivity (Wildman–Crippen MR) is 81.0 cm³/mol. The molecule has 114 valence electrons. The quantitative estimate of drug-likeness (QED) is 0.585. The van der Waals surface area contributed by atoms with E-state index in [1.54, 1.807) is 11.7 Å². The number of hydrogen-bond donors (Lipinski definition) is 1. The molecule has 0 aliphatic carbocycles. The van der Waals surface area contributed by atoms with Crippen LogP contribution in [0.2, 0.25) is 0 Å². The van der Waals surface area contributed by atoms with E-state index in [0.717, 1.165) is 12.8 Å². The fraction of sp³-hybridized carbons (Fsp3) is 0.786. The molecular formula is C14H26N4O2. The summed E-state index contributed by atoms with van der Waals surface area (Å²) in [6, 6.07) is 0.201. The maximum Gasteiger partial charge on any atom is 0.333 e. The monoisotopic (exact) mass is 282 g/mol. The van der Waals surface area contributed by atoms with Crippen molar-refractivity contribution in [3.8, 4) is 0 Å². The first-order valence-electron chi connectivity index (χ1n) is 7.33. The summed E-state index contributed by atoms with van der Waals surface area (Å²) < 4.78 is 1.58. The topological polar surface area (TPSA) is 73.0 Å². The second-order valence-electron chi connectivity index (χ2n) is 5.75. The third-order valence-corrected chi connectivity index (χ3v) is 3.41. The maximum absolute atomic E-state index is 11.2. The summed E-state index contributed by atoms with van der Waals surface area (Å²) in [6.45, 7) is 8.35. The molecule has 1 atom stereocenters. The van der Waals surface area contributed by atoms with Gasteiger partial charge < -0.3 is 5.32 Å². The van der Waals surface area contributed by atoms with Crippen LogP contribution in [0.5, 0.6) is 0 Å². The molecule has 6 heteroatoms. The van der Waals surface area contributed by atoms with E-state index in [2.05, 4.69) is 31.2 Å². The molecule has 0 aromatic carbocycles. The summed E-state index contributed by atoms with van der Waals surface area (Å²) in [7, 11) is 1.75. The first kappa shape index (κ1) is 16.5. The summed E-state index contributed by atoms with van der Waals surface area (Å²) in [6.07, 6.45) is 3.87. The average molecular weight is 282 g/mol. The molecule has 0 amide bonds. The molecule has 6 nitrogen and oxygen atoms in total. The zero-order valence-corrected chi connectivity index (χ0v) is 13.1. The van der Waals surface area contributed by atoms with Crippen molar-refractivity contribution in [3.63, 3.8) is 0 Å². The summed E-state index contributed by atoms with van der Waals surface area (Å²) in [5.41, 5.74) is 0.653. The van der Waals surface area contributed by atoms with Gasteiger partial charge in [-0.3, -0.25) is 10.1 Å². The van der Waals surface area contributed by atoms with Crippen molar-refractivity contribution in [1.29, 1.82) is 0 Å². The minimum Gasteiger partial charge on any atom is -0.362 e. The number of aromatic nitrogens is 2.